The number of guanidine groups is 1. The van der Waals surface area contributed by atoms with Crippen molar-refractivity contribution in [3.8, 4) is 0 Å². The van der Waals surface area contributed by atoms with Crippen molar-refractivity contribution in [2.75, 3.05) is 49.5 Å². The van der Waals surface area contributed by atoms with Gasteiger partial charge in [0.2, 0.25) is 0 Å². The smallest absolute Gasteiger partial charge is 0.335 e. The second kappa shape index (κ2) is 10.0. The summed E-state index contributed by atoms with van der Waals surface area (Å²) in [6, 6.07) is 13.3. The Hall–Kier alpha value is -3.06. The third kappa shape index (κ3) is 5.22. The summed E-state index contributed by atoms with van der Waals surface area (Å²) in [5.41, 5.74) is 4.92. The van der Waals surface area contributed by atoms with Gasteiger partial charge in [-0.1, -0.05) is 18.2 Å². The first kappa shape index (κ1) is 22.1. The summed E-state index contributed by atoms with van der Waals surface area (Å²) in [6.07, 6.45) is 2.28. The van der Waals surface area contributed by atoms with Crippen LogP contribution >= 0.6 is 0 Å². The molecule has 2 fully saturated rings. The van der Waals surface area contributed by atoms with E-state index in [4.69, 9.17) is 9.73 Å². The van der Waals surface area contributed by atoms with Crippen LogP contribution in [0.1, 0.15) is 34.3 Å². The predicted octanol–water partition coefficient (Wildman–Crippen LogP) is 3.77. The molecule has 2 aliphatic rings. The molecule has 0 saturated carbocycles. The standard InChI is InChI=1S/C25H32N4O3/c1-18-6-3-10-23(19(18)2)28-11-13-29(14-12-28)25(26-17-22-9-5-15-32-22)27-21-8-4-7-20(16-21)24(30)31/h3-4,6-8,10,16,22H,5,9,11-15,17H2,1-2H3,(H,26,27)(H,30,31). The van der Waals surface area contributed by atoms with Gasteiger partial charge < -0.3 is 25.0 Å². The first-order valence-electron chi connectivity index (χ1n) is 11.3. The van der Waals surface area contributed by atoms with Gasteiger partial charge in [-0.15, -0.1) is 0 Å². The molecule has 2 N–H and O–H groups in total. The minimum Gasteiger partial charge on any atom is -0.478 e. The van der Waals surface area contributed by atoms with Crippen molar-refractivity contribution in [3.63, 3.8) is 0 Å². The third-order valence-corrected chi connectivity index (χ3v) is 6.33. The van der Waals surface area contributed by atoms with Crippen molar-refractivity contribution in [2.24, 2.45) is 4.99 Å². The lowest BCUT2D eigenvalue weighted by molar-refractivity contribution is 0.0697. The number of aliphatic imine (C=N–C) groups is 1. The van der Waals surface area contributed by atoms with Crippen molar-refractivity contribution in [1.82, 2.24) is 4.90 Å². The van der Waals surface area contributed by atoms with Crippen LogP contribution in [0.2, 0.25) is 0 Å². The molecule has 2 aliphatic heterocycles. The molecule has 7 heteroatoms. The molecule has 170 valence electrons. The Morgan fingerprint density at radius 3 is 2.66 bits per heavy atom. The van der Waals surface area contributed by atoms with Crippen LogP contribution in [0.25, 0.3) is 0 Å². The minimum absolute atomic E-state index is 0.161. The molecule has 0 radical (unpaired) electrons. The maximum Gasteiger partial charge on any atom is 0.335 e. The van der Waals surface area contributed by atoms with Crippen molar-refractivity contribution in [3.05, 3.63) is 59.2 Å². The first-order chi connectivity index (χ1) is 15.5. The van der Waals surface area contributed by atoms with Crippen molar-refractivity contribution in [2.45, 2.75) is 32.8 Å². The number of rotatable bonds is 5. The van der Waals surface area contributed by atoms with Crippen LogP contribution in [0.3, 0.4) is 0 Å². The Morgan fingerprint density at radius 1 is 1.16 bits per heavy atom. The number of nitrogens with zero attached hydrogens (tertiary/aromatic N) is 3. The Balaban J connectivity index is 1.48. The topological polar surface area (TPSA) is 77.4 Å². The van der Waals surface area contributed by atoms with E-state index in [1.165, 1.54) is 16.8 Å². The van der Waals surface area contributed by atoms with Gasteiger partial charge in [0.15, 0.2) is 5.96 Å². The van der Waals surface area contributed by atoms with Gasteiger partial charge in [-0.05, 0) is 62.1 Å². The zero-order valence-electron chi connectivity index (χ0n) is 18.9. The van der Waals surface area contributed by atoms with Gasteiger partial charge in [-0.25, -0.2) is 4.79 Å². The van der Waals surface area contributed by atoms with Gasteiger partial charge >= 0.3 is 5.97 Å². The predicted molar refractivity (Wildman–Crippen MR) is 128 cm³/mol. The van der Waals surface area contributed by atoms with Crippen molar-refractivity contribution >= 4 is 23.3 Å². The number of hydrogen-bond acceptors (Lipinski definition) is 4. The van der Waals surface area contributed by atoms with Crippen LogP contribution in [0.15, 0.2) is 47.5 Å². The Morgan fingerprint density at radius 2 is 1.94 bits per heavy atom. The molecule has 0 aromatic heterocycles. The number of benzene rings is 2. The van der Waals surface area contributed by atoms with Crippen LogP contribution < -0.4 is 10.2 Å². The number of anilines is 2. The summed E-state index contributed by atoms with van der Waals surface area (Å²) in [6.45, 7) is 9.23. The number of nitrogens with one attached hydrogen (secondary N) is 1. The molecule has 7 nitrogen and oxygen atoms in total. The van der Waals surface area contributed by atoms with Crippen molar-refractivity contribution < 1.29 is 14.6 Å². The monoisotopic (exact) mass is 436 g/mol. The van der Waals surface area contributed by atoms with Gasteiger partial charge in [0.25, 0.3) is 0 Å². The maximum absolute atomic E-state index is 11.4. The van der Waals surface area contributed by atoms with E-state index in [-0.39, 0.29) is 11.7 Å². The molecular weight excluding hydrogens is 404 g/mol. The SMILES string of the molecule is Cc1cccc(N2CCN(C(=NCC3CCCO3)Nc3cccc(C(=O)O)c3)CC2)c1C. The van der Waals surface area contributed by atoms with Gasteiger partial charge in [0.05, 0.1) is 18.2 Å². The molecule has 2 heterocycles. The number of carboxylic acids is 1. The van der Waals surface area contributed by atoms with E-state index in [9.17, 15) is 9.90 Å². The molecule has 2 aromatic carbocycles. The number of ether oxygens (including phenoxy) is 1. The molecule has 2 saturated heterocycles. The number of piperazine rings is 1. The molecular formula is C25H32N4O3. The average Bonchev–Trinajstić information content (AvgIpc) is 3.32. The lowest BCUT2D eigenvalue weighted by Gasteiger charge is -2.38. The Kier molecular flexibility index (Phi) is 6.95. The van der Waals surface area contributed by atoms with E-state index < -0.39 is 5.97 Å². The fourth-order valence-corrected chi connectivity index (χ4v) is 4.29. The maximum atomic E-state index is 11.4. The minimum atomic E-state index is -0.936. The van der Waals surface area contributed by atoms with Crippen LogP contribution in [0, 0.1) is 13.8 Å². The summed E-state index contributed by atoms with van der Waals surface area (Å²) < 4.78 is 5.75. The zero-order valence-corrected chi connectivity index (χ0v) is 18.9. The normalized spacial score (nSPS) is 19.3. The van der Waals surface area contributed by atoms with E-state index in [1.807, 2.05) is 6.07 Å². The van der Waals surface area contributed by atoms with Crippen LogP contribution in [-0.2, 0) is 4.74 Å². The highest BCUT2D eigenvalue weighted by Crippen LogP contribution is 2.24. The number of carboxylic acid groups (broad SMARTS) is 1. The van der Waals surface area contributed by atoms with E-state index in [0.717, 1.165) is 57.3 Å². The quantitative estimate of drug-likeness (QED) is 0.549. The fourth-order valence-electron chi connectivity index (χ4n) is 4.29. The number of aromatic carboxylic acids is 1. The lowest BCUT2D eigenvalue weighted by Crippen LogP contribution is -2.51. The molecule has 4 rings (SSSR count). The number of hydrogen-bond donors (Lipinski definition) is 2. The molecule has 2 aromatic rings. The third-order valence-electron chi connectivity index (χ3n) is 6.33. The van der Waals surface area contributed by atoms with E-state index in [1.54, 1.807) is 18.2 Å². The largest absolute Gasteiger partial charge is 0.478 e. The van der Waals surface area contributed by atoms with Crippen LogP contribution in [0.4, 0.5) is 11.4 Å². The van der Waals surface area contributed by atoms with Crippen molar-refractivity contribution in [1.29, 1.82) is 0 Å². The summed E-state index contributed by atoms with van der Waals surface area (Å²) in [7, 11) is 0. The highest BCUT2D eigenvalue weighted by molar-refractivity contribution is 5.96. The molecule has 1 unspecified atom stereocenters. The molecule has 0 bridgehead atoms. The second-order valence-corrected chi connectivity index (χ2v) is 8.50. The van der Waals surface area contributed by atoms with Gasteiger partial charge in [-0.3, -0.25) is 4.99 Å². The molecule has 32 heavy (non-hydrogen) atoms. The fraction of sp³-hybridized carbons (Fsp3) is 0.440. The highest BCUT2D eigenvalue weighted by atomic mass is 16.5. The number of carbonyl (C=O) groups is 1. The average molecular weight is 437 g/mol. The van der Waals surface area contributed by atoms with Gasteiger partial charge in [0, 0.05) is 44.2 Å². The molecule has 0 amide bonds. The Labute approximate surface area is 189 Å². The summed E-state index contributed by atoms with van der Waals surface area (Å²) in [4.78, 5) is 20.9. The van der Waals surface area contributed by atoms with Gasteiger partial charge in [-0.2, -0.15) is 0 Å². The number of aryl methyl sites for hydroxylation is 1. The van der Waals surface area contributed by atoms with Crippen LogP contribution in [0.5, 0.6) is 0 Å². The van der Waals surface area contributed by atoms with E-state index in [0.29, 0.717) is 6.54 Å². The van der Waals surface area contributed by atoms with E-state index in [2.05, 4.69) is 47.2 Å². The lowest BCUT2D eigenvalue weighted by atomic mass is 10.1. The van der Waals surface area contributed by atoms with Crippen LogP contribution in [-0.4, -0.2) is 67.4 Å². The highest BCUT2D eigenvalue weighted by Gasteiger charge is 2.23. The molecule has 1 atom stereocenters. The summed E-state index contributed by atoms with van der Waals surface area (Å²) >= 11 is 0. The second-order valence-electron chi connectivity index (χ2n) is 8.50. The molecule has 0 spiro atoms. The summed E-state index contributed by atoms with van der Waals surface area (Å²) in [5, 5.41) is 12.7. The van der Waals surface area contributed by atoms with E-state index >= 15 is 0 Å². The molecule has 0 aliphatic carbocycles. The first-order valence-corrected chi connectivity index (χ1v) is 11.3. The van der Waals surface area contributed by atoms with Gasteiger partial charge in [0.1, 0.15) is 0 Å². The summed E-state index contributed by atoms with van der Waals surface area (Å²) in [5.74, 6) is -0.155. The Bertz CT molecular complexity index is 977. The zero-order chi connectivity index (χ0) is 22.5.